The van der Waals surface area contributed by atoms with Crippen molar-refractivity contribution in [1.82, 2.24) is 10.2 Å². The molecule has 24 heavy (non-hydrogen) atoms. The minimum absolute atomic E-state index is 0.310. The molecule has 5 saturated carbocycles. The van der Waals surface area contributed by atoms with Gasteiger partial charge in [-0.25, -0.2) is 0 Å². The van der Waals surface area contributed by atoms with Crippen molar-refractivity contribution in [2.75, 3.05) is 13.1 Å². The third-order valence-corrected chi connectivity index (χ3v) is 7.92. The molecule has 1 saturated heterocycles. The topological polar surface area (TPSA) is 32.3 Å². The van der Waals surface area contributed by atoms with Gasteiger partial charge in [0.2, 0.25) is 5.91 Å². The predicted molar refractivity (Wildman–Crippen MR) is 95.6 cm³/mol. The second-order valence-corrected chi connectivity index (χ2v) is 9.98. The Kier molecular flexibility index (Phi) is 3.92. The molecule has 6 aliphatic rings. The van der Waals surface area contributed by atoms with E-state index in [1.54, 1.807) is 0 Å². The number of piperidine rings is 1. The zero-order valence-corrected chi connectivity index (χ0v) is 15.1. The summed E-state index contributed by atoms with van der Waals surface area (Å²) >= 11 is 0. The minimum Gasteiger partial charge on any atom is -0.353 e. The van der Waals surface area contributed by atoms with Gasteiger partial charge in [0.25, 0.3) is 0 Å². The van der Waals surface area contributed by atoms with Crippen molar-refractivity contribution in [3.63, 3.8) is 0 Å². The van der Waals surface area contributed by atoms with Crippen LogP contribution in [-0.2, 0) is 4.79 Å². The largest absolute Gasteiger partial charge is 0.353 e. The molecule has 3 nitrogen and oxygen atoms in total. The van der Waals surface area contributed by atoms with Crippen molar-refractivity contribution in [2.24, 2.45) is 23.7 Å². The van der Waals surface area contributed by atoms with Crippen LogP contribution in [0.2, 0.25) is 0 Å². The Morgan fingerprint density at radius 3 is 2.29 bits per heavy atom. The Hall–Kier alpha value is -0.570. The Balaban J connectivity index is 1.19. The molecular weight excluding hydrogens is 296 g/mol. The van der Waals surface area contributed by atoms with Crippen LogP contribution in [0.25, 0.3) is 0 Å². The third kappa shape index (κ3) is 3.02. The first-order valence-electron chi connectivity index (χ1n) is 10.7. The van der Waals surface area contributed by atoms with E-state index in [2.05, 4.69) is 10.2 Å². The summed E-state index contributed by atoms with van der Waals surface area (Å²) in [5, 5.41) is 3.16. The van der Waals surface area contributed by atoms with Gasteiger partial charge in [0.1, 0.15) is 0 Å². The molecule has 134 valence electrons. The summed E-state index contributed by atoms with van der Waals surface area (Å²) < 4.78 is 0. The summed E-state index contributed by atoms with van der Waals surface area (Å²) in [6, 6.07) is 0.521. The zero-order chi connectivity index (χ0) is 16.1. The van der Waals surface area contributed by atoms with Crippen LogP contribution in [0.5, 0.6) is 0 Å². The summed E-state index contributed by atoms with van der Waals surface area (Å²) in [6.07, 6.45) is 16.1. The lowest BCUT2D eigenvalue weighted by atomic mass is 9.52. The maximum Gasteiger partial charge on any atom is 0.220 e. The molecule has 0 aromatic heterocycles. The summed E-state index contributed by atoms with van der Waals surface area (Å²) in [4.78, 5) is 14.9. The van der Waals surface area contributed by atoms with Gasteiger partial charge in [0.15, 0.2) is 0 Å². The number of hydrogen-bond donors (Lipinski definition) is 1. The van der Waals surface area contributed by atoms with Crippen molar-refractivity contribution >= 4 is 5.91 Å². The van der Waals surface area contributed by atoms with Crippen molar-refractivity contribution < 1.29 is 4.79 Å². The van der Waals surface area contributed by atoms with Crippen LogP contribution in [0.1, 0.15) is 77.0 Å². The van der Waals surface area contributed by atoms with Crippen molar-refractivity contribution in [3.05, 3.63) is 0 Å². The first kappa shape index (κ1) is 15.7. The molecule has 0 spiro atoms. The van der Waals surface area contributed by atoms with Crippen LogP contribution in [0, 0.1) is 23.7 Å². The van der Waals surface area contributed by atoms with E-state index >= 15 is 0 Å². The fourth-order valence-electron chi connectivity index (χ4n) is 7.05. The normalized spacial score (nSPS) is 44.7. The van der Waals surface area contributed by atoms with E-state index in [0.29, 0.717) is 17.5 Å². The first-order valence-corrected chi connectivity index (χ1v) is 10.7. The van der Waals surface area contributed by atoms with E-state index in [1.807, 2.05) is 0 Å². The molecule has 6 rings (SSSR count). The number of hydrogen-bond acceptors (Lipinski definition) is 2. The van der Waals surface area contributed by atoms with Crippen molar-refractivity contribution in [1.29, 1.82) is 0 Å². The first-order chi connectivity index (χ1) is 11.7. The van der Waals surface area contributed by atoms with Gasteiger partial charge in [-0.1, -0.05) is 0 Å². The summed E-state index contributed by atoms with van der Waals surface area (Å²) in [6.45, 7) is 2.61. The SMILES string of the molecule is O=C(CC[C@H]1CCCN(C23CC4CC(CC(C4)C2)C3)C1)NC1CC1. The molecule has 5 aliphatic carbocycles. The van der Waals surface area contributed by atoms with Crippen LogP contribution < -0.4 is 5.32 Å². The van der Waals surface area contributed by atoms with Crippen LogP contribution in [0.4, 0.5) is 0 Å². The number of carbonyl (C=O) groups excluding carboxylic acids is 1. The Morgan fingerprint density at radius 2 is 1.67 bits per heavy atom. The van der Waals surface area contributed by atoms with E-state index in [4.69, 9.17) is 0 Å². The highest BCUT2D eigenvalue weighted by Crippen LogP contribution is 2.58. The number of nitrogens with zero attached hydrogens (tertiary/aromatic N) is 1. The smallest absolute Gasteiger partial charge is 0.220 e. The minimum atomic E-state index is 0.310. The summed E-state index contributed by atoms with van der Waals surface area (Å²) in [5.74, 6) is 4.20. The fraction of sp³-hybridized carbons (Fsp3) is 0.952. The Morgan fingerprint density at radius 1 is 1.00 bits per heavy atom. The fourth-order valence-corrected chi connectivity index (χ4v) is 7.05. The standard InChI is InChI=1S/C21H34N2O/c24-20(22-19-4-5-19)6-3-15-2-1-7-23(14-15)21-11-16-8-17(12-21)10-18(9-16)13-21/h15-19H,1-14H2,(H,22,24)/t15-,16?,17?,18?,21?/m1/s1. The second-order valence-electron chi connectivity index (χ2n) is 9.98. The monoisotopic (exact) mass is 330 g/mol. The Bertz CT molecular complexity index is 463. The van der Waals surface area contributed by atoms with Gasteiger partial charge in [-0.05, 0) is 101 Å². The highest BCUT2D eigenvalue weighted by molar-refractivity contribution is 5.76. The average molecular weight is 331 g/mol. The highest BCUT2D eigenvalue weighted by Gasteiger charge is 2.53. The number of likely N-dealkylation sites (tertiary alicyclic amines) is 1. The third-order valence-electron chi connectivity index (χ3n) is 7.92. The maximum atomic E-state index is 12.0. The average Bonchev–Trinajstić information content (AvgIpc) is 3.36. The lowest BCUT2D eigenvalue weighted by Gasteiger charge is -2.61. The number of nitrogens with one attached hydrogen (secondary N) is 1. The van der Waals surface area contributed by atoms with Gasteiger partial charge in [0, 0.05) is 24.5 Å². The molecule has 0 aromatic rings. The number of rotatable bonds is 5. The summed E-state index contributed by atoms with van der Waals surface area (Å²) in [5.41, 5.74) is 0.573. The lowest BCUT2D eigenvalue weighted by molar-refractivity contribution is -0.122. The van der Waals surface area contributed by atoms with Gasteiger partial charge in [-0.2, -0.15) is 0 Å². The number of carbonyl (C=O) groups is 1. The van der Waals surface area contributed by atoms with Gasteiger partial charge in [0.05, 0.1) is 0 Å². The molecule has 1 atom stereocenters. The molecular formula is C21H34N2O. The van der Waals surface area contributed by atoms with E-state index in [9.17, 15) is 4.79 Å². The highest BCUT2D eigenvalue weighted by atomic mass is 16.1. The van der Waals surface area contributed by atoms with Crippen molar-refractivity contribution in [3.8, 4) is 0 Å². The van der Waals surface area contributed by atoms with E-state index in [1.165, 1.54) is 77.3 Å². The van der Waals surface area contributed by atoms with Gasteiger partial charge in [-0.3, -0.25) is 9.69 Å². The van der Waals surface area contributed by atoms with Gasteiger partial charge < -0.3 is 5.32 Å². The van der Waals surface area contributed by atoms with E-state index < -0.39 is 0 Å². The summed E-state index contributed by atoms with van der Waals surface area (Å²) in [7, 11) is 0. The molecule has 6 fully saturated rings. The molecule has 3 heteroatoms. The lowest BCUT2D eigenvalue weighted by Crippen LogP contribution is -2.61. The second kappa shape index (κ2) is 6.00. The van der Waals surface area contributed by atoms with E-state index in [0.717, 1.165) is 36.5 Å². The zero-order valence-electron chi connectivity index (χ0n) is 15.1. The Labute approximate surface area is 146 Å². The molecule has 1 N–H and O–H groups in total. The van der Waals surface area contributed by atoms with Crippen LogP contribution >= 0.6 is 0 Å². The van der Waals surface area contributed by atoms with Crippen LogP contribution in [-0.4, -0.2) is 35.5 Å². The predicted octanol–water partition coefficient (Wildman–Crippen LogP) is 3.73. The maximum absolute atomic E-state index is 12.0. The molecule has 0 aromatic carbocycles. The molecule has 1 heterocycles. The van der Waals surface area contributed by atoms with Gasteiger partial charge in [-0.15, -0.1) is 0 Å². The van der Waals surface area contributed by atoms with E-state index in [-0.39, 0.29) is 0 Å². The van der Waals surface area contributed by atoms with Crippen molar-refractivity contribution in [2.45, 2.75) is 88.6 Å². The van der Waals surface area contributed by atoms with Crippen LogP contribution in [0.15, 0.2) is 0 Å². The molecule has 1 amide bonds. The quantitative estimate of drug-likeness (QED) is 0.833. The molecule has 0 radical (unpaired) electrons. The molecule has 1 aliphatic heterocycles. The molecule has 4 bridgehead atoms. The molecule has 0 unspecified atom stereocenters. The van der Waals surface area contributed by atoms with Gasteiger partial charge >= 0.3 is 0 Å². The van der Waals surface area contributed by atoms with Crippen LogP contribution in [0.3, 0.4) is 0 Å². The number of amides is 1.